The van der Waals surface area contributed by atoms with Crippen LogP contribution in [0.1, 0.15) is 37.8 Å². The number of nitrogens with zero attached hydrogens (tertiary/aromatic N) is 1. The summed E-state index contributed by atoms with van der Waals surface area (Å²) in [5.41, 5.74) is 0.449. The van der Waals surface area contributed by atoms with Gasteiger partial charge < -0.3 is 4.84 Å². The maximum atomic E-state index is 12.4. The number of hydrogen-bond donors (Lipinski definition) is 0. The van der Waals surface area contributed by atoms with Crippen LogP contribution in [0.2, 0.25) is 0 Å². The number of benzene rings is 1. The molecular weight excluding hydrogens is 212 g/mol. The van der Waals surface area contributed by atoms with Gasteiger partial charge in [0.1, 0.15) is 12.3 Å². The molecule has 87 valence electrons. The molecule has 1 atom stereocenters. The molecule has 1 aromatic rings. The molecule has 0 spiro atoms. The second kappa shape index (κ2) is 6.20. The summed E-state index contributed by atoms with van der Waals surface area (Å²) in [6, 6.07) is 5.90. The van der Waals surface area contributed by atoms with Crippen LogP contribution in [0, 0.1) is 0 Å². The fraction of sp³-hybridized carbons (Fsp3) is 0.417. The van der Waals surface area contributed by atoms with Gasteiger partial charge in [0.05, 0.1) is 0 Å². The van der Waals surface area contributed by atoms with Crippen LogP contribution < -0.4 is 0 Å². The first-order valence-corrected chi connectivity index (χ1v) is 5.13. The molecule has 0 fully saturated rings. The maximum Gasteiger partial charge on any atom is 0.263 e. The van der Waals surface area contributed by atoms with Crippen LogP contribution in [0.15, 0.2) is 29.4 Å². The van der Waals surface area contributed by atoms with Gasteiger partial charge in [0.2, 0.25) is 0 Å². The van der Waals surface area contributed by atoms with E-state index in [9.17, 15) is 8.78 Å². The fourth-order valence-corrected chi connectivity index (χ4v) is 0.988. The summed E-state index contributed by atoms with van der Waals surface area (Å²) in [6.07, 6.45) is 0.941. The van der Waals surface area contributed by atoms with Crippen molar-refractivity contribution >= 4 is 6.21 Å². The lowest BCUT2D eigenvalue weighted by molar-refractivity contribution is 0.0712. The Labute approximate surface area is 93.9 Å². The Hall–Kier alpha value is -1.45. The van der Waals surface area contributed by atoms with E-state index < -0.39 is 6.43 Å². The second-order valence-electron chi connectivity index (χ2n) is 3.45. The maximum absolute atomic E-state index is 12.4. The average molecular weight is 226 g/mol. The van der Waals surface area contributed by atoms with Crippen LogP contribution in [-0.2, 0) is 4.84 Å². The standard InChI is InChI=1S/C12H14F2NO/c1-3-9(2)16-15-8-10-5-4-6-11(7-10)12(13)14/h4-7,9,12H,3H2,1-2H3. The summed E-state index contributed by atoms with van der Waals surface area (Å²) in [5, 5.41) is 3.62. The van der Waals surface area contributed by atoms with E-state index >= 15 is 0 Å². The van der Waals surface area contributed by atoms with E-state index in [4.69, 9.17) is 4.84 Å². The molecule has 0 aliphatic heterocycles. The Kier molecular flexibility index (Phi) is 4.89. The topological polar surface area (TPSA) is 21.6 Å². The first-order chi connectivity index (χ1) is 7.63. The molecular formula is C12H14F2NO. The van der Waals surface area contributed by atoms with Gasteiger partial charge in [-0.15, -0.1) is 0 Å². The van der Waals surface area contributed by atoms with Gasteiger partial charge >= 0.3 is 0 Å². The molecule has 16 heavy (non-hydrogen) atoms. The molecule has 0 aliphatic rings. The van der Waals surface area contributed by atoms with Crippen molar-refractivity contribution < 1.29 is 13.6 Å². The van der Waals surface area contributed by atoms with E-state index in [1.54, 1.807) is 12.1 Å². The lowest BCUT2D eigenvalue weighted by atomic mass is 10.1. The largest absolute Gasteiger partial charge is 0.392 e. The van der Waals surface area contributed by atoms with Crippen molar-refractivity contribution in [3.05, 3.63) is 35.4 Å². The molecule has 1 radical (unpaired) electrons. The third-order valence-electron chi connectivity index (χ3n) is 2.12. The highest BCUT2D eigenvalue weighted by molar-refractivity contribution is 5.79. The van der Waals surface area contributed by atoms with Crippen molar-refractivity contribution in [3.63, 3.8) is 0 Å². The Morgan fingerprint density at radius 3 is 2.81 bits per heavy atom. The summed E-state index contributed by atoms with van der Waals surface area (Å²) in [6.45, 7) is 3.85. The fourth-order valence-electron chi connectivity index (χ4n) is 0.988. The molecule has 0 bridgehead atoms. The summed E-state index contributed by atoms with van der Waals surface area (Å²) in [7, 11) is 0. The number of rotatable bonds is 5. The van der Waals surface area contributed by atoms with Crippen molar-refractivity contribution in [2.24, 2.45) is 5.16 Å². The molecule has 1 rings (SSSR count). The highest BCUT2D eigenvalue weighted by atomic mass is 19.3. The molecule has 0 aromatic heterocycles. The minimum Gasteiger partial charge on any atom is -0.392 e. The summed E-state index contributed by atoms with van der Waals surface area (Å²) >= 11 is 0. The van der Waals surface area contributed by atoms with E-state index in [1.165, 1.54) is 12.1 Å². The SMILES string of the molecule is CCC(C)O/N=[C]/c1cccc(C(F)F)c1. The Bertz CT molecular complexity index is 353. The lowest BCUT2D eigenvalue weighted by Gasteiger charge is -2.04. The normalized spacial score (nSPS) is 13.3. The molecule has 4 heteroatoms. The smallest absolute Gasteiger partial charge is 0.263 e. The molecule has 0 saturated heterocycles. The van der Waals surface area contributed by atoms with Crippen LogP contribution in [0.4, 0.5) is 8.78 Å². The Morgan fingerprint density at radius 1 is 1.44 bits per heavy atom. The van der Waals surface area contributed by atoms with Crippen molar-refractivity contribution in [2.75, 3.05) is 0 Å². The number of halogens is 2. The summed E-state index contributed by atoms with van der Waals surface area (Å²) in [4.78, 5) is 5.02. The van der Waals surface area contributed by atoms with Crippen LogP contribution in [0.5, 0.6) is 0 Å². The molecule has 1 unspecified atom stereocenters. The average Bonchev–Trinajstić information content (AvgIpc) is 2.29. The third kappa shape index (κ3) is 3.96. The van der Waals surface area contributed by atoms with E-state index in [0.717, 1.165) is 6.42 Å². The van der Waals surface area contributed by atoms with Gasteiger partial charge in [0, 0.05) is 11.1 Å². The van der Waals surface area contributed by atoms with E-state index in [-0.39, 0.29) is 11.7 Å². The second-order valence-corrected chi connectivity index (χ2v) is 3.45. The summed E-state index contributed by atoms with van der Waals surface area (Å²) in [5.74, 6) is 0. The zero-order valence-electron chi connectivity index (χ0n) is 9.28. The van der Waals surface area contributed by atoms with Gasteiger partial charge in [-0.25, -0.2) is 8.78 Å². The summed E-state index contributed by atoms with van der Waals surface area (Å²) < 4.78 is 24.7. The zero-order valence-corrected chi connectivity index (χ0v) is 9.28. The van der Waals surface area contributed by atoms with Crippen molar-refractivity contribution in [2.45, 2.75) is 32.8 Å². The third-order valence-corrected chi connectivity index (χ3v) is 2.12. The number of alkyl halides is 2. The molecule has 0 amide bonds. The minimum absolute atomic E-state index is 0.00535. The zero-order chi connectivity index (χ0) is 12.0. The van der Waals surface area contributed by atoms with Crippen LogP contribution >= 0.6 is 0 Å². The molecule has 2 nitrogen and oxygen atoms in total. The Morgan fingerprint density at radius 2 is 2.19 bits per heavy atom. The highest BCUT2D eigenvalue weighted by Crippen LogP contribution is 2.18. The van der Waals surface area contributed by atoms with E-state index in [2.05, 4.69) is 11.4 Å². The van der Waals surface area contributed by atoms with E-state index in [1.807, 2.05) is 13.8 Å². The molecule has 0 N–H and O–H groups in total. The van der Waals surface area contributed by atoms with Crippen molar-refractivity contribution in [1.82, 2.24) is 0 Å². The van der Waals surface area contributed by atoms with Crippen LogP contribution in [-0.4, -0.2) is 12.3 Å². The van der Waals surface area contributed by atoms with Gasteiger partial charge in [-0.2, -0.15) is 0 Å². The quantitative estimate of drug-likeness (QED) is 0.554. The van der Waals surface area contributed by atoms with Crippen LogP contribution in [0.3, 0.4) is 0 Å². The van der Waals surface area contributed by atoms with E-state index in [0.29, 0.717) is 5.56 Å². The minimum atomic E-state index is -2.47. The van der Waals surface area contributed by atoms with Gasteiger partial charge in [0.15, 0.2) is 0 Å². The molecule has 1 aromatic carbocycles. The molecule has 0 heterocycles. The van der Waals surface area contributed by atoms with Crippen molar-refractivity contribution in [1.29, 1.82) is 0 Å². The van der Waals surface area contributed by atoms with Gasteiger partial charge in [-0.1, -0.05) is 30.3 Å². The number of hydrogen-bond acceptors (Lipinski definition) is 2. The predicted molar refractivity (Wildman–Crippen MR) is 58.8 cm³/mol. The predicted octanol–water partition coefficient (Wildman–Crippen LogP) is 3.65. The Balaban J connectivity index is 2.63. The van der Waals surface area contributed by atoms with Gasteiger partial charge in [-0.05, 0) is 19.4 Å². The lowest BCUT2D eigenvalue weighted by Crippen LogP contribution is -2.01. The highest BCUT2D eigenvalue weighted by Gasteiger charge is 2.06. The molecule has 0 saturated carbocycles. The van der Waals surface area contributed by atoms with Gasteiger partial charge in [-0.3, -0.25) is 0 Å². The molecule has 0 aliphatic carbocycles. The monoisotopic (exact) mass is 226 g/mol. The first kappa shape index (κ1) is 12.6. The first-order valence-electron chi connectivity index (χ1n) is 5.13. The van der Waals surface area contributed by atoms with Crippen molar-refractivity contribution in [3.8, 4) is 0 Å². The van der Waals surface area contributed by atoms with Crippen LogP contribution in [0.25, 0.3) is 0 Å². The van der Waals surface area contributed by atoms with Gasteiger partial charge in [0.25, 0.3) is 6.43 Å².